The lowest BCUT2D eigenvalue weighted by molar-refractivity contribution is 0.613. The molecule has 0 aliphatic rings. The molecule has 19 heavy (non-hydrogen) atoms. The number of nitrogens with one attached hydrogen (secondary N) is 2. The molecule has 1 unspecified atom stereocenters. The van der Waals surface area contributed by atoms with E-state index >= 15 is 0 Å². The summed E-state index contributed by atoms with van der Waals surface area (Å²) in [5.41, 5.74) is 2.60. The van der Waals surface area contributed by atoms with Crippen molar-refractivity contribution in [3.63, 3.8) is 0 Å². The topological polar surface area (TPSA) is 75.9 Å². The van der Waals surface area contributed by atoms with E-state index in [1.54, 1.807) is 0 Å². The Balaban J connectivity index is 2.62. The summed E-state index contributed by atoms with van der Waals surface area (Å²) in [6.45, 7) is 6.53. The van der Waals surface area contributed by atoms with Crippen molar-refractivity contribution in [2.45, 2.75) is 65.3 Å². The standard InChI is InChI=1S/C14H27N5/c1-4-6-7-9-11(3)16-13-10-14(19-15)18-12(17-13)8-5-2/h10-11H,4-9,15H2,1-3H3,(H2,16,17,18,19). The first-order valence-corrected chi connectivity index (χ1v) is 7.30. The molecule has 1 rings (SSSR count). The van der Waals surface area contributed by atoms with Gasteiger partial charge in [0, 0.05) is 18.5 Å². The first-order valence-electron chi connectivity index (χ1n) is 7.30. The summed E-state index contributed by atoms with van der Waals surface area (Å²) >= 11 is 0. The van der Waals surface area contributed by atoms with E-state index in [-0.39, 0.29) is 0 Å². The SMILES string of the molecule is CCCCCC(C)Nc1cc(NN)nc(CCC)n1. The Morgan fingerprint density at radius 3 is 2.53 bits per heavy atom. The predicted octanol–water partition coefficient (Wildman–Crippen LogP) is 3.10. The van der Waals surface area contributed by atoms with Gasteiger partial charge in [-0.25, -0.2) is 15.8 Å². The Labute approximate surface area is 116 Å². The maximum absolute atomic E-state index is 5.44. The van der Waals surface area contributed by atoms with Gasteiger partial charge in [-0.05, 0) is 19.8 Å². The monoisotopic (exact) mass is 265 g/mol. The fourth-order valence-corrected chi connectivity index (χ4v) is 2.01. The van der Waals surface area contributed by atoms with Crippen LogP contribution in [0.15, 0.2) is 6.07 Å². The van der Waals surface area contributed by atoms with E-state index in [9.17, 15) is 0 Å². The number of nitrogens with zero attached hydrogens (tertiary/aromatic N) is 2. The molecular weight excluding hydrogens is 238 g/mol. The third-order valence-corrected chi connectivity index (χ3v) is 3.03. The third kappa shape index (κ3) is 5.87. The van der Waals surface area contributed by atoms with E-state index in [0.29, 0.717) is 11.9 Å². The molecule has 1 aromatic heterocycles. The Morgan fingerprint density at radius 2 is 1.89 bits per heavy atom. The number of anilines is 2. The average molecular weight is 265 g/mol. The second-order valence-corrected chi connectivity index (χ2v) is 4.99. The summed E-state index contributed by atoms with van der Waals surface area (Å²) in [5, 5.41) is 3.43. The zero-order chi connectivity index (χ0) is 14.1. The molecule has 0 radical (unpaired) electrons. The molecule has 0 amide bonds. The fourth-order valence-electron chi connectivity index (χ4n) is 2.01. The number of hydrazine groups is 1. The van der Waals surface area contributed by atoms with Gasteiger partial charge in [-0.3, -0.25) is 0 Å². The molecule has 0 aliphatic carbocycles. The van der Waals surface area contributed by atoms with Crippen LogP contribution in [0.2, 0.25) is 0 Å². The second-order valence-electron chi connectivity index (χ2n) is 4.99. The van der Waals surface area contributed by atoms with E-state index in [4.69, 9.17) is 5.84 Å². The summed E-state index contributed by atoms with van der Waals surface area (Å²) in [7, 11) is 0. The van der Waals surface area contributed by atoms with Crippen molar-refractivity contribution >= 4 is 11.6 Å². The molecule has 1 atom stereocenters. The molecule has 0 fully saturated rings. The van der Waals surface area contributed by atoms with Gasteiger partial charge in [0.1, 0.15) is 17.5 Å². The summed E-state index contributed by atoms with van der Waals surface area (Å²) in [6.07, 6.45) is 6.84. The van der Waals surface area contributed by atoms with Crippen LogP contribution in [0.3, 0.4) is 0 Å². The molecule has 0 spiro atoms. The highest BCUT2D eigenvalue weighted by molar-refractivity contribution is 5.47. The van der Waals surface area contributed by atoms with Crippen LogP contribution in [0.4, 0.5) is 11.6 Å². The van der Waals surface area contributed by atoms with Crippen molar-refractivity contribution in [1.29, 1.82) is 0 Å². The zero-order valence-corrected chi connectivity index (χ0v) is 12.4. The fraction of sp³-hybridized carbons (Fsp3) is 0.714. The van der Waals surface area contributed by atoms with Gasteiger partial charge in [-0.1, -0.05) is 33.1 Å². The number of unbranched alkanes of at least 4 members (excludes halogenated alkanes) is 2. The molecule has 4 N–H and O–H groups in total. The Kier molecular flexibility index (Phi) is 7.18. The lowest BCUT2D eigenvalue weighted by atomic mass is 10.1. The molecule has 0 aromatic carbocycles. The van der Waals surface area contributed by atoms with Gasteiger partial charge in [0.15, 0.2) is 0 Å². The van der Waals surface area contributed by atoms with Crippen LogP contribution in [0.5, 0.6) is 0 Å². The van der Waals surface area contributed by atoms with E-state index < -0.39 is 0 Å². The minimum Gasteiger partial charge on any atom is -0.367 e. The van der Waals surface area contributed by atoms with E-state index in [1.807, 2.05) is 6.07 Å². The molecule has 0 saturated heterocycles. The first-order chi connectivity index (χ1) is 9.19. The summed E-state index contributed by atoms with van der Waals surface area (Å²) in [4.78, 5) is 8.86. The number of nitrogen functional groups attached to an aromatic ring is 1. The van der Waals surface area contributed by atoms with Gasteiger partial charge in [-0.2, -0.15) is 0 Å². The summed E-state index contributed by atoms with van der Waals surface area (Å²) in [6, 6.07) is 2.27. The molecule has 1 heterocycles. The Morgan fingerprint density at radius 1 is 1.16 bits per heavy atom. The van der Waals surface area contributed by atoms with E-state index in [0.717, 1.165) is 30.9 Å². The highest BCUT2D eigenvalue weighted by atomic mass is 15.3. The van der Waals surface area contributed by atoms with Crippen LogP contribution in [0.1, 0.15) is 58.7 Å². The quantitative estimate of drug-likeness (QED) is 0.363. The maximum atomic E-state index is 5.44. The van der Waals surface area contributed by atoms with Crippen molar-refractivity contribution in [3.8, 4) is 0 Å². The predicted molar refractivity (Wildman–Crippen MR) is 81.1 cm³/mol. The average Bonchev–Trinajstić information content (AvgIpc) is 2.39. The summed E-state index contributed by atoms with van der Waals surface area (Å²) in [5.74, 6) is 7.80. The van der Waals surface area contributed by atoms with Crippen molar-refractivity contribution in [2.24, 2.45) is 5.84 Å². The third-order valence-electron chi connectivity index (χ3n) is 3.03. The van der Waals surface area contributed by atoms with Crippen LogP contribution < -0.4 is 16.6 Å². The second kappa shape index (κ2) is 8.69. The van der Waals surface area contributed by atoms with Crippen molar-refractivity contribution in [1.82, 2.24) is 9.97 Å². The Hall–Kier alpha value is -1.36. The molecule has 0 bridgehead atoms. The van der Waals surface area contributed by atoms with Crippen molar-refractivity contribution in [3.05, 3.63) is 11.9 Å². The molecule has 1 aromatic rings. The van der Waals surface area contributed by atoms with Crippen LogP contribution >= 0.6 is 0 Å². The van der Waals surface area contributed by atoms with Crippen LogP contribution in [-0.2, 0) is 6.42 Å². The highest BCUT2D eigenvalue weighted by Gasteiger charge is 2.07. The van der Waals surface area contributed by atoms with E-state index in [2.05, 4.69) is 41.5 Å². The largest absolute Gasteiger partial charge is 0.367 e. The molecule has 0 saturated carbocycles. The lowest BCUT2D eigenvalue weighted by Crippen LogP contribution is -2.18. The number of aryl methyl sites for hydroxylation is 1. The molecule has 0 aliphatic heterocycles. The molecule has 5 heteroatoms. The number of nitrogens with two attached hydrogens (primary N) is 1. The van der Waals surface area contributed by atoms with Gasteiger partial charge >= 0.3 is 0 Å². The first kappa shape index (κ1) is 15.7. The van der Waals surface area contributed by atoms with Gasteiger partial charge < -0.3 is 10.7 Å². The molecule has 5 nitrogen and oxygen atoms in total. The minimum atomic E-state index is 0.418. The molecule has 108 valence electrons. The van der Waals surface area contributed by atoms with Crippen LogP contribution in [0.25, 0.3) is 0 Å². The maximum Gasteiger partial charge on any atom is 0.145 e. The van der Waals surface area contributed by atoms with Gasteiger partial charge in [0.25, 0.3) is 0 Å². The highest BCUT2D eigenvalue weighted by Crippen LogP contribution is 2.14. The van der Waals surface area contributed by atoms with Crippen LogP contribution in [0, 0.1) is 0 Å². The van der Waals surface area contributed by atoms with Crippen molar-refractivity contribution < 1.29 is 0 Å². The zero-order valence-electron chi connectivity index (χ0n) is 12.4. The molecular formula is C14H27N5. The van der Waals surface area contributed by atoms with Gasteiger partial charge in [0.2, 0.25) is 0 Å². The number of aromatic nitrogens is 2. The number of rotatable bonds is 9. The van der Waals surface area contributed by atoms with Crippen molar-refractivity contribution in [2.75, 3.05) is 10.7 Å². The number of hydrogen-bond donors (Lipinski definition) is 3. The summed E-state index contributed by atoms with van der Waals surface area (Å²) < 4.78 is 0. The van der Waals surface area contributed by atoms with Crippen LogP contribution in [-0.4, -0.2) is 16.0 Å². The minimum absolute atomic E-state index is 0.418. The van der Waals surface area contributed by atoms with Gasteiger partial charge in [0.05, 0.1) is 0 Å². The van der Waals surface area contributed by atoms with E-state index in [1.165, 1.54) is 19.3 Å². The Bertz CT molecular complexity index is 367. The smallest absolute Gasteiger partial charge is 0.145 e. The van der Waals surface area contributed by atoms with Gasteiger partial charge in [-0.15, -0.1) is 0 Å². The lowest BCUT2D eigenvalue weighted by Gasteiger charge is -2.15. The number of hydrogen-bond acceptors (Lipinski definition) is 5. The normalized spacial score (nSPS) is 12.2.